The van der Waals surface area contributed by atoms with E-state index in [0.29, 0.717) is 31.6 Å². The van der Waals surface area contributed by atoms with Gasteiger partial charge in [0.25, 0.3) is 0 Å². The fraction of sp³-hybridized carbons (Fsp3) is 0.650. The van der Waals surface area contributed by atoms with E-state index in [0.717, 1.165) is 25.3 Å². The number of alkyl halides is 1. The first-order valence-electron chi connectivity index (χ1n) is 9.42. The van der Waals surface area contributed by atoms with Crippen LogP contribution in [0.5, 0.6) is 0 Å². The molecule has 4 fully saturated rings. The van der Waals surface area contributed by atoms with E-state index in [1.807, 2.05) is 0 Å². The van der Waals surface area contributed by atoms with Crippen LogP contribution < -0.4 is 5.32 Å². The molecule has 0 spiro atoms. The van der Waals surface area contributed by atoms with Crippen LogP contribution in [-0.2, 0) is 4.79 Å². The molecular weight excluding hydrogens is 363 g/mol. The highest BCUT2D eigenvalue weighted by atomic mass is 35.5. The molecule has 4 saturated carbocycles. The number of nitrogens with one attached hydrogen (secondary N) is 1. The molecule has 1 amide bonds. The minimum Gasteiger partial charge on any atom is -0.348 e. The number of halogens is 4. The SMILES string of the molecule is O=C(N[C@H](c1c(F)ccc(Cl)c1F)C12CCC(F)(CC1)C2)[C@]12CC[C@H]1C2. The van der Waals surface area contributed by atoms with Crippen LogP contribution in [0.1, 0.15) is 63.0 Å². The lowest BCUT2D eigenvalue weighted by molar-refractivity contribution is -0.131. The molecule has 26 heavy (non-hydrogen) atoms. The van der Waals surface area contributed by atoms with Crippen molar-refractivity contribution in [3.63, 3.8) is 0 Å². The van der Waals surface area contributed by atoms with Gasteiger partial charge in [-0.15, -0.1) is 0 Å². The van der Waals surface area contributed by atoms with Crippen molar-refractivity contribution in [2.75, 3.05) is 0 Å². The molecule has 3 atom stereocenters. The highest BCUT2D eigenvalue weighted by Crippen LogP contribution is 2.69. The van der Waals surface area contributed by atoms with E-state index in [-0.39, 0.29) is 28.3 Å². The molecule has 0 aromatic heterocycles. The topological polar surface area (TPSA) is 29.1 Å². The zero-order chi connectivity index (χ0) is 18.3. The zero-order valence-corrected chi connectivity index (χ0v) is 15.1. The number of benzene rings is 1. The molecule has 0 unspecified atom stereocenters. The number of hydrogen-bond donors (Lipinski definition) is 1. The smallest absolute Gasteiger partial charge is 0.227 e. The number of rotatable bonds is 4. The first-order chi connectivity index (χ1) is 12.3. The highest BCUT2D eigenvalue weighted by molar-refractivity contribution is 6.30. The maximum atomic E-state index is 14.8. The number of hydrogen-bond acceptors (Lipinski definition) is 1. The summed E-state index contributed by atoms with van der Waals surface area (Å²) in [4.78, 5) is 12.9. The Hall–Kier alpha value is -1.23. The third-order valence-corrected chi connectivity index (χ3v) is 7.98. The second-order valence-corrected chi connectivity index (χ2v) is 9.36. The van der Waals surface area contributed by atoms with E-state index in [4.69, 9.17) is 11.6 Å². The largest absolute Gasteiger partial charge is 0.348 e. The Kier molecular flexibility index (Phi) is 3.37. The molecular formula is C20H21ClF3NO. The van der Waals surface area contributed by atoms with E-state index >= 15 is 0 Å². The Labute approximate surface area is 155 Å². The molecule has 140 valence electrons. The van der Waals surface area contributed by atoms with Gasteiger partial charge in [0.15, 0.2) is 0 Å². The molecule has 0 aliphatic heterocycles. The van der Waals surface area contributed by atoms with Crippen molar-refractivity contribution in [3.8, 4) is 0 Å². The van der Waals surface area contributed by atoms with Gasteiger partial charge in [-0.1, -0.05) is 11.6 Å². The van der Waals surface area contributed by atoms with Gasteiger partial charge in [0.1, 0.15) is 17.3 Å². The first-order valence-corrected chi connectivity index (χ1v) is 9.80. The van der Waals surface area contributed by atoms with Gasteiger partial charge in [0.2, 0.25) is 5.91 Å². The van der Waals surface area contributed by atoms with E-state index in [1.54, 1.807) is 0 Å². The molecule has 2 bridgehead atoms. The summed E-state index contributed by atoms with van der Waals surface area (Å²) in [6.45, 7) is 0. The van der Waals surface area contributed by atoms with E-state index < -0.39 is 28.8 Å². The van der Waals surface area contributed by atoms with Crippen LogP contribution >= 0.6 is 11.6 Å². The Morgan fingerprint density at radius 1 is 1.19 bits per heavy atom. The summed E-state index contributed by atoms with van der Waals surface area (Å²) >= 11 is 5.91. The minimum atomic E-state index is -1.27. The molecule has 0 saturated heterocycles. The van der Waals surface area contributed by atoms with Crippen molar-refractivity contribution in [2.45, 2.75) is 63.1 Å². The molecule has 4 aliphatic rings. The average molecular weight is 384 g/mol. The normalized spacial score (nSPS) is 40.7. The number of carbonyl (C=O) groups excluding carboxylic acids is 1. The zero-order valence-electron chi connectivity index (χ0n) is 14.4. The summed E-state index contributed by atoms with van der Waals surface area (Å²) in [5.74, 6) is -1.29. The van der Waals surface area contributed by atoms with Crippen LogP contribution in [0.25, 0.3) is 0 Å². The third kappa shape index (κ3) is 2.15. The summed E-state index contributed by atoms with van der Waals surface area (Å²) in [5.41, 5.74) is -2.46. The van der Waals surface area contributed by atoms with Crippen LogP contribution in [-0.4, -0.2) is 11.6 Å². The van der Waals surface area contributed by atoms with E-state index in [2.05, 4.69) is 5.32 Å². The maximum Gasteiger partial charge on any atom is 0.227 e. The van der Waals surface area contributed by atoms with Gasteiger partial charge in [-0.05, 0) is 74.8 Å². The summed E-state index contributed by atoms with van der Waals surface area (Å²) < 4.78 is 44.3. The average Bonchev–Trinajstić information content (AvgIpc) is 2.89. The van der Waals surface area contributed by atoms with Crippen molar-refractivity contribution in [1.82, 2.24) is 5.32 Å². The number of carbonyl (C=O) groups is 1. The predicted octanol–water partition coefficient (Wildman–Crippen LogP) is 5.25. The van der Waals surface area contributed by atoms with Gasteiger partial charge >= 0.3 is 0 Å². The standard InChI is InChI=1S/C20H21ClF3NO/c21-12-1-2-13(22)14(15(12)23)16(18-5-7-19(24,10-18)8-6-18)25-17(26)20-4-3-11(20)9-20/h1-2,11,16H,3-10H2,(H,25,26)/t11-,16+,18?,19?,20-/m0/s1. The molecule has 1 aromatic rings. The monoisotopic (exact) mass is 383 g/mol. The highest BCUT2D eigenvalue weighted by Gasteiger charge is 2.67. The fourth-order valence-electron chi connectivity index (χ4n) is 5.86. The van der Waals surface area contributed by atoms with Crippen LogP contribution in [0.3, 0.4) is 0 Å². The first kappa shape index (κ1) is 16.9. The molecule has 4 aliphatic carbocycles. The lowest BCUT2D eigenvalue weighted by Crippen LogP contribution is -2.45. The third-order valence-electron chi connectivity index (χ3n) is 7.69. The second kappa shape index (κ2) is 5.18. The molecule has 6 heteroatoms. The van der Waals surface area contributed by atoms with Gasteiger partial charge in [-0.25, -0.2) is 13.2 Å². The summed E-state index contributed by atoms with van der Waals surface area (Å²) in [6.07, 6.45) is 4.78. The van der Waals surface area contributed by atoms with E-state index in [1.165, 1.54) is 6.07 Å². The summed E-state index contributed by atoms with van der Waals surface area (Å²) in [7, 11) is 0. The maximum absolute atomic E-state index is 14.8. The second-order valence-electron chi connectivity index (χ2n) is 8.95. The molecule has 1 N–H and O–H groups in total. The van der Waals surface area contributed by atoms with Crippen LogP contribution in [0, 0.1) is 28.4 Å². The fourth-order valence-corrected chi connectivity index (χ4v) is 6.02. The van der Waals surface area contributed by atoms with Gasteiger partial charge in [0.05, 0.1) is 16.5 Å². The molecule has 2 nitrogen and oxygen atoms in total. The quantitative estimate of drug-likeness (QED) is 0.707. The van der Waals surface area contributed by atoms with Crippen LogP contribution in [0.15, 0.2) is 12.1 Å². The Morgan fingerprint density at radius 3 is 2.42 bits per heavy atom. The van der Waals surface area contributed by atoms with E-state index in [9.17, 15) is 18.0 Å². The van der Waals surface area contributed by atoms with Crippen molar-refractivity contribution >= 4 is 17.5 Å². The Bertz CT molecular complexity index is 800. The van der Waals surface area contributed by atoms with Gasteiger partial charge < -0.3 is 5.32 Å². The molecule has 1 aromatic carbocycles. The Morgan fingerprint density at radius 2 is 1.92 bits per heavy atom. The van der Waals surface area contributed by atoms with Crippen molar-refractivity contribution in [3.05, 3.63) is 34.4 Å². The van der Waals surface area contributed by atoms with Gasteiger partial charge in [-0.2, -0.15) is 0 Å². The van der Waals surface area contributed by atoms with Crippen molar-refractivity contribution < 1.29 is 18.0 Å². The van der Waals surface area contributed by atoms with Crippen LogP contribution in [0.2, 0.25) is 5.02 Å². The van der Waals surface area contributed by atoms with Gasteiger partial charge in [-0.3, -0.25) is 4.79 Å². The van der Waals surface area contributed by atoms with Crippen molar-refractivity contribution in [2.24, 2.45) is 16.7 Å². The number of amides is 1. The Balaban J connectivity index is 1.56. The number of fused-ring (bicyclic) bond motifs is 3. The minimum absolute atomic E-state index is 0.129. The summed E-state index contributed by atoms with van der Waals surface area (Å²) in [6, 6.07) is 1.44. The van der Waals surface area contributed by atoms with Crippen LogP contribution in [0.4, 0.5) is 13.2 Å². The molecule has 0 heterocycles. The summed E-state index contributed by atoms with van der Waals surface area (Å²) in [5, 5.41) is 2.78. The van der Waals surface area contributed by atoms with Crippen molar-refractivity contribution in [1.29, 1.82) is 0 Å². The molecule has 0 radical (unpaired) electrons. The lowest BCUT2D eigenvalue weighted by atomic mass is 9.73. The van der Waals surface area contributed by atoms with Gasteiger partial charge in [0, 0.05) is 5.56 Å². The predicted molar refractivity (Wildman–Crippen MR) is 91.4 cm³/mol. The lowest BCUT2D eigenvalue weighted by Gasteiger charge is -2.38. The molecule has 5 rings (SSSR count).